The number of hydrogen-bond donors (Lipinski definition) is 3. The molecule has 0 aromatic carbocycles. The Morgan fingerprint density at radius 3 is 3.13 bits per heavy atom. The van der Waals surface area contributed by atoms with E-state index >= 15 is 0 Å². The monoisotopic (exact) mass is 207 g/mol. The van der Waals surface area contributed by atoms with Gasteiger partial charge in [-0.2, -0.15) is 0 Å². The second-order valence-corrected chi connectivity index (χ2v) is 4.33. The van der Waals surface area contributed by atoms with E-state index in [9.17, 15) is 0 Å². The minimum Gasteiger partial charge on any atom is -0.367 e. The zero-order valence-corrected chi connectivity index (χ0v) is 9.26. The first-order valence-corrected chi connectivity index (χ1v) is 6.01. The van der Waals surface area contributed by atoms with Crippen molar-refractivity contribution in [3.8, 4) is 0 Å². The fourth-order valence-electron chi connectivity index (χ4n) is 2.15. The van der Waals surface area contributed by atoms with E-state index in [1.165, 1.54) is 37.8 Å². The van der Waals surface area contributed by atoms with Gasteiger partial charge < -0.3 is 15.6 Å². The van der Waals surface area contributed by atoms with Crippen LogP contribution >= 0.6 is 0 Å². The largest absolute Gasteiger partial charge is 0.367 e. The van der Waals surface area contributed by atoms with Crippen LogP contribution in [0.2, 0.25) is 0 Å². The smallest absolute Gasteiger partial charge is 0.0220 e. The normalized spacial score (nSPS) is 21.7. The van der Waals surface area contributed by atoms with Crippen LogP contribution in [0.5, 0.6) is 0 Å². The van der Waals surface area contributed by atoms with Gasteiger partial charge >= 0.3 is 0 Å². The molecule has 0 bridgehead atoms. The van der Waals surface area contributed by atoms with Gasteiger partial charge in [0.2, 0.25) is 0 Å². The van der Waals surface area contributed by atoms with Crippen LogP contribution in [0.15, 0.2) is 18.5 Å². The highest BCUT2D eigenvalue weighted by Crippen LogP contribution is 2.09. The van der Waals surface area contributed by atoms with Crippen molar-refractivity contribution < 1.29 is 0 Å². The van der Waals surface area contributed by atoms with Gasteiger partial charge in [0, 0.05) is 25.0 Å². The second kappa shape index (κ2) is 5.93. The first kappa shape index (κ1) is 10.7. The van der Waals surface area contributed by atoms with Gasteiger partial charge in [-0.05, 0) is 44.0 Å². The molecule has 15 heavy (non-hydrogen) atoms. The Kier molecular flexibility index (Phi) is 4.23. The summed E-state index contributed by atoms with van der Waals surface area (Å²) in [6.07, 6.45) is 9.38. The van der Waals surface area contributed by atoms with Crippen molar-refractivity contribution in [2.45, 2.75) is 38.3 Å². The molecule has 3 N–H and O–H groups in total. The standard InChI is InChI=1S/C12H21N3/c1-2-6-15-12(3-1)5-8-14-10-11-4-7-13-9-11/h4,7,9,12-15H,1-3,5-6,8,10H2. The second-order valence-electron chi connectivity index (χ2n) is 4.33. The molecule has 2 rings (SSSR count). The molecule has 0 saturated carbocycles. The van der Waals surface area contributed by atoms with Gasteiger partial charge in [-0.3, -0.25) is 0 Å². The highest BCUT2D eigenvalue weighted by Gasteiger charge is 2.11. The van der Waals surface area contributed by atoms with Crippen LogP contribution in [0.25, 0.3) is 0 Å². The first-order valence-electron chi connectivity index (χ1n) is 6.01. The quantitative estimate of drug-likeness (QED) is 0.642. The van der Waals surface area contributed by atoms with E-state index in [4.69, 9.17) is 0 Å². The topological polar surface area (TPSA) is 39.8 Å². The van der Waals surface area contributed by atoms with E-state index in [0.29, 0.717) is 0 Å². The molecule has 1 atom stereocenters. The van der Waals surface area contributed by atoms with E-state index in [-0.39, 0.29) is 0 Å². The summed E-state index contributed by atoms with van der Waals surface area (Å²) in [5.41, 5.74) is 1.34. The molecule has 0 amide bonds. The lowest BCUT2D eigenvalue weighted by atomic mass is 10.0. The molecule has 3 heteroatoms. The highest BCUT2D eigenvalue weighted by molar-refractivity contribution is 5.07. The van der Waals surface area contributed by atoms with Gasteiger partial charge in [-0.1, -0.05) is 6.42 Å². The van der Waals surface area contributed by atoms with Crippen LogP contribution in [0.4, 0.5) is 0 Å². The molecule has 84 valence electrons. The minimum atomic E-state index is 0.748. The Balaban J connectivity index is 1.54. The fourth-order valence-corrected chi connectivity index (χ4v) is 2.15. The molecule has 1 aromatic heterocycles. The maximum atomic E-state index is 3.57. The molecular formula is C12H21N3. The Morgan fingerprint density at radius 2 is 2.40 bits per heavy atom. The van der Waals surface area contributed by atoms with Crippen molar-refractivity contribution in [1.82, 2.24) is 15.6 Å². The minimum absolute atomic E-state index is 0.748. The highest BCUT2D eigenvalue weighted by atomic mass is 14.9. The van der Waals surface area contributed by atoms with Gasteiger partial charge in [0.05, 0.1) is 0 Å². The van der Waals surface area contributed by atoms with Gasteiger partial charge in [0.25, 0.3) is 0 Å². The van der Waals surface area contributed by atoms with E-state index in [1.54, 1.807) is 0 Å². The summed E-state index contributed by atoms with van der Waals surface area (Å²) in [6, 6.07) is 2.86. The molecule has 3 nitrogen and oxygen atoms in total. The van der Waals surface area contributed by atoms with Crippen molar-refractivity contribution in [2.75, 3.05) is 13.1 Å². The lowest BCUT2D eigenvalue weighted by Crippen LogP contribution is -2.36. The van der Waals surface area contributed by atoms with Crippen LogP contribution < -0.4 is 10.6 Å². The van der Waals surface area contributed by atoms with Crippen molar-refractivity contribution in [3.63, 3.8) is 0 Å². The molecule has 1 saturated heterocycles. The van der Waals surface area contributed by atoms with Gasteiger partial charge in [-0.25, -0.2) is 0 Å². The zero-order chi connectivity index (χ0) is 10.3. The Labute approximate surface area is 91.7 Å². The lowest BCUT2D eigenvalue weighted by Gasteiger charge is -2.23. The summed E-state index contributed by atoms with van der Waals surface area (Å²) in [6.45, 7) is 3.31. The Hall–Kier alpha value is -0.800. The summed E-state index contributed by atoms with van der Waals surface area (Å²) in [5.74, 6) is 0. The maximum absolute atomic E-state index is 3.57. The molecule has 1 fully saturated rings. The van der Waals surface area contributed by atoms with E-state index < -0.39 is 0 Å². The third-order valence-electron chi connectivity index (χ3n) is 3.07. The maximum Gasteiger partial charge on any atom is 0.0220 e. The molecule has 1 unspecified atom stereocenters. The van der Waals surface area contributed by atoms with E-state index in [1.807, 2.05) is 12.4 Å². The number of hydrogen-bond acceptors (Lipinski definition) is 2. The van der Waals surface area contributed by atoms with Gasteiger partial charge in [0.1, 0.15) is 0 Å². The molecule has 0 spiro atoms. The molecule has 0 aliphatic carbocycles. The summed E-state index contributed by atoms with van der Waals surface area (Å²) in [4.78, 5) is 3.07. The van der Waals surface area contributed by atoms with Crippen molar-refractivity contribution in [3.05, 3.63) is 24.0 Å². The Morgan fingerprint density at radius 1 is 1.40 bits per heavy atom. The predicted octanol–water partition coefficient (Wildman–Crippen LogP) is 1.64. The average molecular weight is 207 g/mol. The van der Waals surface area contributed by atoms with Crippen LogP contribution in [0, 0.1) is 0 Å². The van der Waals surface area contributed by atoms with Crippen molar-refractivity contribution >= 4 is 0 Å². The number of piperidine rings is 1. The average Bonchev–Trinajstić information content (AvgIpc) is 2.79. The molecule has 0 radical (unpaired) electrons. The summed E-state index contributed by atoms with van der Waals surface area (Å²) >= 11 is 0. The number of rotatable bonds is 5. The zero-order valence-electron chi connectivity index (χ0n) is 9.26. The molecule has 1 aliphatic rings. The Bertz CT molecular complexity index is 250. The molecule has 1 aliphatic heterocycles. The lowest BCUT2D eigenvalue weighted by molar-refractivity contribution is 0.376. The van der Waals surface area contributed by atoms with E-state index in [2.05, 4.69) is 21.7 Å². The summed E-state index contributed by atoms with van der Waals surface area (Å²) in [7, 11) is 0. The fraction of sp³-hybridized carbons (Fsp3) is 0.667. The van der Waals surface area contributed by atoms with Gasteiger partial charge in [0.15, 0.2) is 0 Å². The van der Waals surface area contributed by atoms with Crippen LogP contribution in [0.3, 0.4) is 0 Å². The van der Waals surface area contributed by atoms with Crippen molar-refractivity contribution in [1.29, 1.82) is 0 Å². The first-order chi connectivity index (χ1) is 7.45. The van der Waals surface area contributed by atoms with Crippen LogP contribution in [-0.4, -0.2) is 24.1 Å². The molecule has 2 heterocycles. The van der Waals surface area contributed by atoms with E-state index in [0.717, 1.165) is 19.1 Å². The third-order valence-corrected chi connectivity index (χ3v) is 3.07. The summed E-state index contributed by atoms with van der Waals surface area (Å²) < 4.78 is 0. The van der Waals surface area contributed by atoms with Gasteiger partial charge in [-0.15, -0.1) is 0 Å². The molecular weight excluding hydrogens is 186 g/mol. The predicted molar refractivity (Wildman–Crippen MR) is 62.8 cm³/mol. The third kappa shape index (κ3) is 3.68. The van der Waals surface area contributed by atoms with Crippen LogP contribution in [0.1, 0.15) is 31.2 Å². The number of nitrogens with one attached hydrogen (secondary N) is 3. The number of aromatic nitrogens is 1. The number of H-pyrrole nitrogens is 1. The van der Waals surface area contributed by atoms with Crippen molar-refractivity contribution in [2.24, 2.45) is 0 Å². The summed E-state index contributed by atoms with van der Waals surface area (Å²) in [5, 5.41) is 7.04. The van der Waals surface area contributed by atoms with Crippen LogP contribution in [-0.2, 0) is 6.54 Å². The number of aromatic amines is 1. The molecule has 1 aromatic rings. The SMILES string of the molecule is c1cc(CNCCC2CCCCN2)c[nH]1.